The molecule has 7 heteroatoms. The topological polar surface area (TPSA) is 77.9 Å². The predicted octanol–water partition coefficient (Wildman–Crippen LogP) is 4.60. The highest BCUT2D eigenvalue weighted by molar-refractivity contribution is 7.89. The highest BCUT2D eigenvalue weighted by atomic mass is 32.2. The average molecular weight is 515 g/mol. The van der Waals surface area contributed by atoms with Gasteiger partial charge in [-0.3, -0.25) is 4.79 Å². The monoisotopic (exact) mass is 514 g/mol. The number of aliphatic hydroxyl groups excluding tert-OH is 1. The largest absolute Gasteiger partial charge is 0.390 e. The molecule has 0 spiro atoms. The van der Waals surface area contributed by atoms with Gasteiger partial charge in [-0.15, -0.1) is 0 Å². The summed E-state index contributed by atoms with van der Waals surface area (Å²) in [4.78, 5) is 15.0. The predicted molar refractivity (Wildman–Crippen MR) is 145 cm³/mol. The Balaban J connectivity index is 1.75. The molecule has 0 aromatic heterocycles. The Morgan fingerprint density at radius 2 is 1.56 bits per heavy atom. The molecule has 0 heterocycles. The number of carbonyl (C=O) groups excluding carboxylic acids is 1. The van der Waals surface area contributed by atoms with E-state index in [-0.39, 0.29) is 30.2 Å². The van der Waals surface area contributed by atoms with Crippen molar-refractivity contribution in [1.29, 1.82) is 0 Å². The van der Waals surface area contributed by atoms with Gasteiger partial charge in [-0.1, -0.05) is 82.1 Å². The van der Waals surface area contributed by atoms with Crippen molar-refractivity contribution in [3.8, 4) is 0 Å². The van der Waals surface area contributed by atoms with E-state index >= 15 is 0 Å². The second-order valence-electron chi connectivity index (χ2n) is 11.3. The van der Waals surface area contributed by atoms with Crippen molar-refractivity contribution in [3.63, 3.8) is 0 Å². The van der Waals surface area contributed by atoms with Crippen molar-refractivity contribution < 1.29 is 18.3 Å². The number of nitrogens with zero attached hydrogens (tertiary/aromatic N) is 2. The zero-order valence-corrected chi connectivity index (χ0v) is 22.8. The first-order valence-electron chi connectivity index (χ1n) is 13.1. The molecule has 0 saturated heterocycles. The molecule has 1 fully saturated rings. The average Bonchev–Trinajstić information content (AvgIpc) is 3.34. The molecule has 1 aliphatic rings. The second-order valence-corrected chi connectivity index (χ2v) is 13.3. The minimum absolute atomic E-state index is 0.00117. The summed E-state index contributed by atoms with van der Waals surface area (Å²) < 4.78 is 28.2. The first-order chi connectivity index (χ1) is 17.0. The lowest BCUT2D eigenvalue weighted by molar-refractivity contribution is 0.0584. The molecule has 6 nitrogen and oxygen atoms in total. The number of carbonyl (C=O) groups is 1. The lowest BCUT2D eigenvalue weighted by Gasteiger charge is -2.32. The molecule has 1 aliphatic carbocycles. The molecule has 1 amide bonds. The fourth-order valence-electron chi connectivity index (χ4n) is 4.92. The lowest BCUT2D eigenvalue weighted by atomic mass is 10.0. The zero-order valence-electron chi connectivity index (χ0n) is 22.0. The van der Waals surface area contributed by atoms with Crippen LogP contribution in [0.25, 0.3) is 0 Å². The molecule has 3 rings (SSSR count). The summed E-state index contributed by atoms with van der Waals surface area (Å²) in [6.45, 7) is 6.69. The normalized spacial score (nSPS) is 15.8. The Morgan fingerprint density at radius 1 is 0.972 bits per heavy atom. The molecule has 1 saturated carbocycles. The van der Waals surface area contributed by atoms with Gasteiger partial charge in [0.1, 0.15) is 0 Å². The summed E-state index contributed by atoms with van der Waals surface area (Å²) in [7, 11) is -3.56. The minimum Gasteiger partial charge on any atom is -0.390 e. The smallest absolute Gasteiger partial charge is 0.253 e. The molecule has 2 aromatic rings. The van der Waals surface area contributed by atoms with Crippen LogP contribution in [0.4, 0.5) is 0 Å². The summed E-state index contributed by atoms with van der Waals surface area (Å²) in [5.74, 6) is 0.192. The fraction of sp³-hybridized carbons (Fsp3) is 0.552. The molecule has 0 radical (unpaired) electrons. The Bertz CT molecular complexity index is 1050. The number of rotatable bonds is 12. The van der Waals surface area contributed by atoms with Crippen LogP contribution in [0.3, 0.4) is 0 Å². The van der Waals surface area contributed by atoms with Crippen LogP contribution in [0.2, 0.25) is 0 Å². The van der Waals surface area contributed by atoms with Crippen molar-refractivity contribution in [2.24, 2.45) is 11.3 Å². The molecule has 0 unspecified atom stereocenters. The van der Waals surface area contributed by atoms with Gasteiger partial charge in [-0.05, 0) is 48.3 Å². The Labute approximate surface area is 217 Å². The van der Waals surface area contributed by atoms with E-state index in [1.807, 2.05) is 69.3 Å². The number of aliphatic hydroxyl groups is 1. The van der Waals surface area contributed by atoms with Crippen LogP contribution in [-0.4, -0.2) is 66.7 Å². The number of hydrogen-bond acceptors (Lipinski definition) is 4. The third-order valence-corrected chi connectivity index (χ3v) is 8.93. The second kappa shape index (κ2) is 12.8. The van der Waals surface area contributed by atoms with Crippen molar-refractivity contribution in [2.75, 3.05) is 31.9 Å². The molecular formula is C29H42N2O4S. The zero-order chi connectivity index (χ0) is 26.2. The van der Waals surface area contributed by atoms with E-state index < -0.39 is 16.1 Å². The van der Waals surface area contributed by atoms with E-state index in [4.69, 9.17) is 0 Å². The van der Waals surface area contributed by atoms with E-state index in [0.717, 1.165) is 31.2 Å². The summed E-state index contributed by atoms with van der Waals surface area (Å²) >= 11 is 0. The molecular weight excluding hydrogens is 472 g/mol. The van der Waals surface area contributed by atoms with Gasteiger partial charge in [0.25, 0.3) is 5.91 Å². The molecule has 2 aromatic carbocycles. The van der Waals surface area contributed by atoms with Crippen LogP contribution in [0.1, 0.15) is 62.4 Å². The van der Waals surface area contributed by atoms with E-state index in [1.54, 1.807) is 17.0 Å². The number of sulfonamides is 1. The summed E-state index contributed by atoms with van der Waals surface area (Å²) in [6, 6.07) is 19.0. The van der Waals surface area contributed by atoms with Crippen molar-refractivity contribution in [1.82, 2.24) is 9.21 Å². The van der Waals surface area contributed by atoms with Gasteiger partial charge in [0, 0.05) is 31.7 Å². The van der Waals surface area contributed by atoms with E-state index in [2.05, 4.69) is 0 Å². The van der Waals surface area contributed by atoms with Crippen molar-refractivity contribution in [2.45, 2.75) is 59.0 Å². The molecule has 0 aliphatic heterocycles. The van der Waals surface area contributed by atoms with Crippen LogP contribution in [0.5, 0.6) is 0 Å². The van der Waals surface area contributed by atoms with Crippen LogP contribution in [0, 0.1) is 11.3 Å². The van der Waals surface area contributed by atoms with Gasteiger partial charge in [0.15, 0.2) is 0 Å². The quantitative estimate of drug-likeness (QED) is 0.449. The van der Waals surface area contributed by atoms with Crippen molar-refractivity contribution >= 4 is 15.9 Å². The maximum absolute atomic E-state index is 13.4. The lowest BCUT2D eigenvalue weighted by Crippen LogP contribution is -2.47. The highest BCUT2D eigenvalue weighted by Gasteiger charge is 2.33. The molecule has 198 valence electrons. The van der Waals surface area contributed by atoms with Gasteiger partial charge < -0.3 is 10.0 Å². The third kappa shape index (κ3) is 9.02. The maximum Gasteiger partial charge on any atom is 0.253 e. The van der Waals surface area contributed by atoms with Gasteiger partial charge in [0.2, 0.25) is 10.0 Å². The summed E-state index contributed by atoms with van der Waals surface area (Å²) in [5, 5.41) is 11.1. The van der Waals surface area contributed by atoms with E-state index in [0.29, 0.717) is 31.0 Å². The minimum atomic E-state index is -3.56. The van der Waals surface area contributed by atoms with E-state index in [9.17, 15) is 18.3 Å². The highest BCUT2D eigenvalue weighted by Crippen LogP contribution is 2.28. The first-order valence-corrected chi connectivity index (χ1v) is 14.7. The SMILES string of the molecule is CC(C)(C)CS(=O)(=O)N(CC1CCCC1)C[C@@H](O)CN(CCc1ccccc1)C(=O)c1ccccc1. The maximum atomic E-state index is 13.4. The molecule has 1 N–H and O–H groups in total. The number of amides is 1. The third-order valence-electron chi connectivity index (χ3n) is 6.61. The van der Waals surface area contributed by atoms with Gasteiger partial charge in [-0.2, -0.15) is 4.31 Å². The Kier molecular flexibility index (Phi) is 10.1. The fourth-order valence-corrected chi connectivity index (χ4v) is 7.03. The molecule has 36 heavy (non-hydrogen) atoms. The standard InChI is InChI=1S/C29H42N2O4S/c1-29(2,3)23-36(34,35)31(20-25-14-10-11-15-25)22-27(32)21-30(19-18-24-12-6-4-7-13-24)28(33)26-16-8-5-9-17-26/h4-9,12-13,16-17,25,27,32H,10-11,14-15,18-23H2,1-3H3/t27-/m0/s1. The summed E-state index contributed by atoms with van der Waals surface area (Å²) in [5.41, 5.74) is 1.28. The van der Waals surface area contributed by atoms with Gasteiger partial charge in [0.05, 0.1) is 11.9 Å². The van der Waals surface area contributed by atoms with Crippen LogP contribution in [0.15, 0.2) is 60.7 Å². The Morgan fingerprint density at radius 3 is 2.14 bits per heavy atom. The van der Waals surface area contributed by atoms with Crippen LogP contribution in [-0.2, 0) is 16.4 Å². The van der Waals surface area contributed by atoms with E-state index in [1.165, 1.54) is 4.31 Å². The summed E-state index contributed by atoms with van der Waals surface area (Å²) in [6.07, 6.45) is 3.96. The Hall–Kier alpha value is -2.22. The molecule has 1 atom stereocenters. The molecule has 0 bridgehead atoms. The van der Waals surface area contributed by atoms with Crippen molar-refractivity contribution in [3.05, 3.63) is 71.8 Å². The number of hydrogen-bond donors (Lipinski definition) is 1. The van der Waals surface area contributed by atoms with Gasteiger partial charge >= 0.3 is 0 Å². The van der Waals surface area contributed by atoms with Crippen LogP contribution < -0.4 is 0 Å². The number of benzene rings is 2. The van der Waals surface area contributed by atoms with Gasteiger partial charge in [-0.25, -0.2) is 8.42 Å². The first kappa shape index (κ1) is 28.4. The van der Waals surface area contributed by atoms with Crippen LogP contribution >= 0.6 is 0 Å².